The van der Waals surface area contributed by atoms with E-state index >= 15 is 0 Å². The predicted octanol–water partition coefficient (Wildman–Crippen LogP) is 1.82. The molecule has 2 heterocycles. The maximum atomic E-state index is 10.8. The number of anilines is 3. The fourth-order valence-electron chi connectivity index (χ4n) is 2.68. The Morgan fingerprint density at radius 1 is 1.17 bits per heavy atom. The van der Waals surface area contributed by atoms with E-state index in [1.807, 2.05) is 37.3 Å². The molecule has 1 aromatic carbocycles. The van der Waals surface area contributed by atoms with Crippen LogP contribution >= 0.6 is 0 Å². The van der Waals surface area contributed by atoms with Gasteiger partial charge < -0.3 is 19.9 Å². The number of carbonyl (C=O) groups is 1. The first-order valence-corrected chi connectivity index (χ1v) is 7.89. The number of ether oxygens (including phenoxy) is 1. The molecule has 24 heavy (non-hydrogen) atoms. The Labute approximate surface area is 141 Å². The number of nitrogens with one attached hydrogen (secondary N) is 1. The molecule has 1 amide bonds. The highest BCUT2D eigenvalue weighted by molar-refractivity contribution is 5.61. The Kier molecular flexibility index (Phi) is 4.79. The summed E-state index contributed by atoms with van der Waals surface area (Å²) in [7, 11) is 1.64. The summed E-state index contributed by atoms with van der Waals surface area (Å²) in [6.07, 6.45) is 0.901. The van der Waals surface area contributed by atoms with Crippen molar-refractivity contribution in [3.8, 4) is 5.75 Å². The lowest BCUT2D eigenvalue weighted by Crippen LogP contribution is -2.46. The molecule has 2 aromatic rings. The molecule has 0 atom stereocenters. The van der Waals surface area contributed by atoms with Gasteiger partial charge in [-0.15, -0.1) is 0 Å². The Morgan fingerprint density at radius 3 is 2.67 bits per heavy atom. The molecule has 1 N–H and O–H groups in total. The van der Waals surface area contributed by atoms with E-state index in [-0.39, 0.29) is 0 Å². The summed E-state index contributed by atoms with van der Waals surface area (Å²) in [6, 6.07) is 9.63. The average Bonchev–Trinajstić information content (AvgIpc) is 2.61. The number of amides is 1. The van der Waals surface area contributed by atoms with Crippen molar-refractivity contribution in [2.24, 2.45) is 0 Å². The summed E-state index contributed by atoms with van der Waals surface area (Å²) < 4.78 is 5.24. The monoisotopic (exact) mass is 327 g/mol. The Bertz CT molecular complexity index is 714. The fraction of sp³-hybridized carbons (Fsp3) is 0.353. The summed E-state index contributed by atoms with van der Waals surface area (Å²) in [5.41, 5.74) is 0.907. The first kappa shape index (κ1) is 16.0. The van der Waals surface area contributed by atoms with Crippen molar-refractivity contribution in [2.45, 2.75) is 6.92 Å². The van der Waals surface area contributed by atoms with Crippen LogP contribution in [0.25, 0.3) is 0 Å². The smallest absolute Gasteiger partial charge is 0.209 e. The second-order valence-corrected chi connectivity index (χ2v) is 5.64. The largest absolute Gasteiger partial charge is 0.497 e. The normalized spacial score (nSPS) is 14.4. The van der Waals surface area contributed by atoms with E-state index in [0.717, 1.165) is 42.6 Å². The van der Waals surface area contributed by atoms with E-state index in [2.05, 4.69) is 20.2 Å². The number of hydrogen-bond acceptors (Lipinski definition) is 6. The van der Waals surface area contributed by atoms with Gasteiger partial charge in [-0.3, -0.25) is 4.79 Å². The molecule has 126 valence electrons. The maximum Gasteiger partial charge on any atom is 0.209 e. The molecule has 0 bridgehead atoms. The van der Waals surface area contributed by atoms with Gasteiger partial charge >= 0.3 is 0 Å². The number of benzene rings is 1. The van der Waals surface area contributed by atoms with Crippen LogP contribution in [0.2, 0.25) is 0 Å². The molecule has 1 aromatic heterocycles. The summed E-state index contributed by atoms with van der Waals surface area (Å²) in [4.78, 5) is 23.8. The number of piperazine rings is 1. The molecule has 1 aliphatic heterocycles. The highest BCUT2D eigenvalue weighted by atomic mass is 16.5. The van der Waals surface area contributed by atoms with Gasteiger partial charge in [0, 0.05) is 44.0 Å². The molecule has 7 heteroatoms. The minimum Gasteiger partial charge on any atom is -0.497 e. The molecule has 7 nitrogen and oxygen atoms in total. The van der Waals surface area contributed by atoms with E-state index in [9.17, 15) is 4.79 Å². The average molecular weight is 327 g/mol. The topological polar surface area (TPSA) is 70.6 Å². The van der Waals surface area contributed by atoms with Gasteiger partial charge in [0.1, 0.15) is 23.2 Å². The third-order valence-electron chi connectivity index (χ3n) is 3.95. The van der Waals surface area contributed by atoms with Crippen molar-refractivity contribution in [1.82, 2.24) is 14.9 Å². The summed E-state index contributed by atoms with van der Waals surface area (Å²) >= 11 is 0. The summed E-state index contributed by atoms with van der Waals surface area (Å²) in [5.74, 6) is 3.11. The molecule has 1 aliphatic rings. The van der Waals surface area contributed by atoms with Crippen molar-refractivity contribution >= 4 is 23.7 Å². The predicted molar refractivity (Wildman–Crippen MR) is 92.9 cm³/mol. The second-order valence-electron chi connectivity index (χ2n) is 5.64. The van der Waals surface area contributed by atoms with Gasteiger partial charge in [0.2, 0.25) is 6.41 Å². The van der Waals surface area contributed by atoms with E-state index in [0.29, 0.717) is 18.9 Å². The van der Waals surface area contributed by atoms with Crippen LogP contribution in [-0.2, 0) is 4.79 Å². The third-order valence-corrected chi connectivity index (χ3v) is 3.95. The minimum atomic E-state index is 0.704. The van der Waals surface area contributed by atoms with Gasteiger partial charge in [0.15, 0.2) is 0 Å². The molecule has 0 spiro atoms. The number of carbonyl (C=O) groups excluding carboxylic acids is 1. The van der Waals surface area contributed by atoms with Crippen molar-refractivity contribution in [2.75, 3.05) is 43.5 Å². The molecule has 0 unspecified atom stereocenters. The Balaban J connectivity index is 1.77. The third kappa shape index (κ3) is 3.73. The number of nitrogens with zero attached hydrogens (tertiary/aromatic N) is 4. The van der Waals surface area contributed by atoms with Crippen molar-refractivity contribution in [3.63, 3.8) is 0 Å². The quantitative estimate of drug-likeness (QED) is 0.845. The Hall–Kier alpha value is -2.83. The highest BCUT2D eigenvalue weighted by Crippen LogP contribution is 2.23. The van der Waals surface area contributed by atoms with Gasteiger partial charge in [0.05, 0.1) is 7.11 Å². The fourth-order valence-corrected chi connectivity index (χ4v) is 2.68. The number of rotatable bonds is 5. The first-order chi connectivity index (χ1) is 11.7. The van der Waals surface area contributed by atoms with E-state index in [1.165, 1.54) is 0 Å². The van der Waals surface area contributed by atoms with Crippen molar-refractivity contribution < 1.29 is 9.53 Å². The lowest BCUT2D eigenvalue weighted by atomic mass is 10.3. The molecule has 1 saturated heterocycles. The SMILES string of the molecule is COc1cccc(Nc2cc(N3CCN(C=O)CC3)nc(C)n2)c1. The second kappa shape index (κ2) is 7.16. The molecule has 0 radical (unpaired) electrons. The van der Waals surface area contributed by atoms with Gasteiger partial charge in [-0.2, -0.15) is 0 Å². The molecule has 0 saturated carbocycles. The van der Waals surface area contributed by atoms with Crippen molar-refractivity contribution in [3.05, 3.63) is 36.2 Å². The van der Waals surface area contributed by atoms with Crippen LogP contribution in [0.1, 0.15) is 5.82 Å². The lowest BCUT2D eigenvalue weighted by Gasteiger charge is -2.33. The molecule has 3 rings (SSSR count). The first-order valence-electron chi connectivity index (χ1n) is 7.89. The van der Waals surface area contributed by atoms with Crippen LogP contribution in [0.4, 0.5) is 17.3 Å². The van der Waals surface area contributed by atoms with Gasteiger partial charge in [-0.25, -0.2) is 9.97 Å². The van der Waals surface area contributed by atoms with E-state index < -0.39 is 0 Å². The maximum absolute atomic E-state index is 10.8. The van der Waals surface area contributed by atoms with Crippen LogP contribution in [0.15, 0.2) is 30.3 Å². The van der Waals surface area contributed by atoms with Crippen LogP contribution in [0.5, 0.6) is 5.75 Å². The zero-order valence-electron chi connectivity index (χ0n) is 13.9. The van der Waals surface area contributed by atoms with Crippen LogP contribution < -0.4 is 15.0 Å². The zero-order chi connectivity index (χ0) is 16.9. The lowest BCUT2D eigenvalue weighted by molar-refractivity contribution is -0.118. The van der Waals surface area contributed by atoms with E-state index in [4.69, 9.17) is 4.74 Å². The van der Waals surface area contributed by atoms with Crippen LogP contribution in [0, 0.1) is 6.92 Å². The molecule has 1 fully saturated rings. The molecular weight excluding hydrogens is 306 g/mol. The number of aromatic nitrogens is 2. The van der Waals surface area contributed by atoms with Crippen molar-refractivity contribution in [1.29, 1.82) is 0 Å². The summed E-state index contributed by atoms with van der Waals surface area (Å²) in [6.45, 7) is 4.85. The number of methoxy groups -OCH3 is 1. The molecular formula is C17H21N5O2. The van der Waals surface area contributed by atoms with Gasteiger partial charge in [-0.05, 0) is 19.1 Å². The van der Waals surface area contributed by atoms with Crippen LogP contribution in [0.3, 0.4) is 0 Å². The van der Waals surface area contributed by atoms with E-state index in [1.54, 1.807) is 12.0 Å². The van der Waals surface area contributed by atoms with Gasteiger partial charge in [-0.1, -0.05) is 6.07 Å². The van der Waals surface area contributed by atoms with Crippen LogP contribution in [-0.4, -0.2) is 54.6 Å². The minimum absolute atomic E-state index is 0.704. The Morgan fingerprint density at radius 2 is 1.96 bits per heavy atom. The highest BCUT2D eigenvalue weighted by Gasteiger charge is 2.17. The zero-order valence-corrected chi connectivity index (χ0v) is 13.9. The summed E-state index contributed by atoms with van der Waals surface area (Å²) in [5, 5.41) is 3.29. The standard InChI is InChI=1S/C17H21N5O2/c1-13-18-16(20-14-4-3-5-15(10-14)24-2)11-17(19-13)22-8-6-21(12-23)7-9-22/h3-5,10-12H,6-9H2,1-2H3,(H,18,19,20). The molecule has 0 aliphatic carbocycles. The number of hydrogen-bond donors (Lipinski definition) is 1. The number of aryl methyl sites for hydroxylation is 1. The van der Waals surface area contributed by atoms with Gasteiger partial charge in [0.25, 0.3) is 0 Å².